The van der Waals surface area contributed by atoms with Crippen molar-refractivity contribution in [3.63, 3.8) is 0 Å². The zero-order valence-electron chi connectivity index (χ0n) is 2.94. The number of rotatable bonds is 0. The van der Waals surface area contributed by atoms with Gasteiger partial charge < -0.3 is 5.32 Å². The van der Waals surface area contributed by atoms with Crippen LogP contribution in [-0.4, -0.2) is 13.1 Å². The summed E-state index contributed by atoms with van der Waals surface area (Å²) in [5.41, 5.74) is 0. The van der Waals surface area contributed by atoms with Crippen LogP contribution in [0.25, 0.3) is 0 Å². The minimum atomic E-state index is 0. The molecule has 1 nitrogen and oxygen atoms in total. The van der Waals surface area contributed by atoms with Crippen LogP contribution >= 0.6 is 0 Å². The molecule has 0 aliphatic carbocycles. The van der Waals surface area contributed by atoms with Gasteiger partial charge in [0.2, 0.25) is 0 Å². The maximum Gasteiger partial charge on any atom is 2.00 e. The van der Waals surface area contributed by atoms with Crippen LogP contribution in [0.3, 0.4) is 0 Å². The summed E-state index contributed by atoms with van der Waals surface area (Å²) < 4.78 is 0. The summed E-state index contributed by atoms with van der Waals surface area (Å²) in [7, 11) is 0. The molecule has 0 aromatic rings. The first-order valence-electron chi connectivity index (χ1n) is 1.71. The minimum Gasteiger partial charge on any atom is -0.317 e. The van der Waals surface area contributed by atoms with E-state index in [1.54, 1.807) is 0 Å². The second-order valence-electron chi connectivity index (χ2n) is 1.10. The van der Waals surface area contributed by atoms with E-state index in [-0.39, 0.29) is 21.1 Å². The van der Waals surface area contributed by atoms with Gasteiger partial charge in [-0.1, -0.05) is 0 Å². The second-order valence-corrected chi connectivity index (χ2v) is 1.10. The van der Waals surface area contributed by atoms with Crippen molar-refractivity contribution in [1.29, 1.82) is 0 Å². The summed E-state index contributed by atoms with van der Waals surface area (Å²) in [5, 5.41) is 3.11. The van der Waals surface area contributed by atoms with Crippen molar-refractivity contribution in [3.8, 4) is 0 Å². The smallest absolute Gasteiger partial charge is 0.317 e. The topological polar surface area (TPSA) is 12.0 Å². The quantitative estimate of drug-likeness (QED) is 0.639. The van der Waals surface area contributed by atoms with Crippen LogP contribution in [0.1, 0.15) is 6.42 Å². The third-order valence-corrected chi connectivity index (χ3v) is 0.707. The van der Waals surface area contributed by atoms with E-state index in [2.05, 4.69) is 5.32 Å². The molecule has 5 heavy (non-hydrogen) atoms. The van der Waals surface area contributed by atoms with Crippen LogP contribution in [0.15, 0.2) is 0 Å². The fourth-order valence-corrected chi connectivity index (χ4v) is 0.177. The van der Waals surface area contributed by atoms with Gasteiger partial charge in [-0.2, -0.15) is 0 Å². The largest absolute Gasteiger partial charge is 2.00 e. The average Bonchev–Trinajstić information content (AvgIpc) is 0.722. The summed E-state index contributed by atoms with van der Waals surface area (Å²) >= 11 is 0. The van der Waals surface area contributed by atoms with Gasteiger partial charge in [-0.05, 0) is 19.5 Å². The van der Waals surface area contributed by atoms with Gasteiger partial charge in [0, 0.05) is 0 Å². The molecule has 2 heteroatoms. The predicted molar refractivity (Wildman–Crippen MR) is 17.5 cm³/mol. The Hall–Kier alpha value is 0.648. The SMILES string of the molecule is C1CNC1.[Pt+2]. The van der Waals surface area contributed by atoms with Gasteiger partial charge in [0.25, 0.3) is 0 Å². The standard InChI is InChI=1S/C3H7N.Pt/c1-2-4-3-1;/h4H,1-3H2;/q;+2. The second kappa shape index (κ2) is 2.86. The van der Waals surface area contributed by atoms with E-state index in [0.717, 1.165) is 0 Å². The van der Waals surface area contributed by atoms with Crippen molar-refractivity contribution in [2.75, 3.05) is 13.1 Å². The minimum absolute atomic E-state index is 0. The molecule has 0 aromatic carbocycles. The molecule has 0 spiro atoms. The molecule has 0 unspecified atom stereocenters. The van der Waals surface area contributed by atoms with Gasteiger partial charge in [-0.15, -0.1) is 0 Å². The zero-order chi connectivity index (χ0) is 2.83. The third kappa shape index (κ3) is 1.51. The first kappa shape index (κ1) is 5.65. The van der Waals surface area contributed by atoms with Crippen LogP contribution in [0.5, 0.6) is 0 Å². The van der Waals surface area contributed by atoms with E-state index < -0.39 is 0 Å². The van der Waals surface area contributed by atoms with E-state index in [9.17, 15) is 0 Å². The molecule has 1 aliphatic rings. The van der Waals surface area contributed by atoms with E-state index in [4.69, 9.17) is 0 Å². The molecule has 0 aromatic heterocycles. The Morgan fingerprint density at radius 2 is 1.40 bits per heavy atom. The first-order chi connectivity index (χ1) is 2.00. The van der Waals surface area contributed by atoms with Crippen LogP contribution in [0, 0.1) is 0 Å². The number of hydrogen-bond acceptors (Lipinski definition) is 1. The Kier molecular flexibility index (Phi) is 3.23. The fraction of sp³-hybridized carbons (Fsp3) is 1.00. The summed E-state index contributed by atoms with van der Waals surface area (Å²) in [6, 6.07) is 0. The van der Waals surface area contributed by atoms with Gasteiger partial charge in [0.1, 0.15) is 0 Å². The van der Waals surface area contributed by atoms with Crippen molar-refractivity contribution in [3.05, 3.63) is 0 Å². The van der Waals surface area contributed by atoms with Crippen LogP contribution in [0.4, 0.5) is 0 Å². The maximum absolute atomic E-state index is 3.11. The fourth-order valence-electron chi connectivity index (χ4n) is 0.177. The van der Waals surface area contributed by atoms with Gasteiger partial charge in [-0.3, -0.25) is 0 Å². The molecule has 1 rings (SSSR count). The molecule has 1 saturated heterocycles. The Morgan fingerprint density at radius 1 is 1.20 bits per heavy atom. The van der Waals surface area contributed by atoms with E-state index >= 15 is 0 Å². The van der Waals surface area contributed by atoms with Crippen molar-refractivity contribution in [2.45, 2.75) is 6.42 Å². The van der Waals surface area contributed by atoms with Gasteiger partial charge in [-0.25, -0.2) is 0 Å². The summed E-state index contributed by atoms with van der Waals surface area (Å²) in [6.45, 7) is 2.50. The molecule has 0 radical (unpaired) electrons. The Morgan fingerprint density at radius 3 is 1.40 bits per heavy atom. The van der Waals surface area contributed by atoms with Gasteiger partial charge >= 0.3 is 21.1 Å². The molecule has 32 valence electrons. The van der Waals surface area contributed by atoms with Crippen molar-refractivity contribution < 1.29 is 21.1 Å². The summed E-state index contributed by atoms with van der Waals surface area (Å²) in [5.74, 6) is 0. The Labute approximate surface area is 46.4 Å². The molecular formula is C3H7NPt+2. The van der Waals surface area contributed by atoms with Crippen LogP contribution in [0.2, 0.25) is 0 Å². The molecule has 0 atom stereocenters. The van der Waals surface area contributed by atoms with E-state index in [1.165, 1.54) is 19.5 Å². The van der Waals surface area contributed by atoms with E-state index in [0.29, 0.717) is 0 Å². The summed E-state index contributed by atoms with van der Waals surface area (Å²) in [4.78, 5) is 0. The Balaban J connectivity index is 0.000000160. The van der Waals surface area contributed by atoms with Crippen molar-refractivity contribution >= 4 is 0 Å². The first-order valence-corrected chi connectivity index (χ1v) is 1.71. The predicted octanol–water partition coefficient (Wildman–Crippen LogP) is -0.0228. The number of nitrogens with one attached hydrogen (secondary N) is 1. The molecule has 0 saturated carbocycles. The normalized spacial score (nSPS) is 19.2. The monoisotopic (exact) mass is 252 g/mol. The number of hydrogen-bond donors (Lipinski definition) is 1. The van der Waals surface area contributed by atoms with E-state index in [1.807, 2.05) is 0 Å². The van der Waals surface area contributed by atoms with Crippen LogP contribution in [-0.2, 0) is 21.1 Å². The third-order valence-electron chi connectivity index (χ3n) is 0.707. The molecule has 1 N–H and O–H groups in total. The van der Waals surface area contributed by atoms with Gasteiger partial charge in [0.15, 0.2) is 0 Å². The molecule has 1 heterocycles. The van der Waals surface area contributed by atoms with Crippen LogP contribution < -0.4 is 5.32 Å². The van der Waals surface area contributed by atoms with Crippen molar-refractivity contribution in [1.82, 2.24) is 5.32 Å². The van der Waals surface area contributed by atoms with Crippen molar-refractivity contribution in [2.24, 2.45) is 0 Å². The zero-order valence-corrected chi connectivity index (χ0v) is 5.21. The molecule has 0 amide bonds. The molecule has 1 aliphatic heterocycles. The van der Waals surface area contributed by atoms with Gasteiger partial charge in [0.05, 0.1) is 0 Å². The Bertz CT molecular complexity index is 14.9. The molecule has 0 bridgehead atoms. The maximum atomic E-state index is 3.11. The molecular weight excluding hydrogens is 245 g/mol. The molecule has 1 fully saturated rings. The average molecular weight is 252 g/mol. The summed E-state index contributed by atoms with van der Waals surface area (Å²) in [6.07, 6.45) is 1.39.